The van der Waals surface area contributed by atoms with Gasteiger partial charge in [-0.2, -0.15) is 0 Å². The quantitative estimate of drug-likeness (QED) is 0.761. The van der Waals surface area contributed by atoms with Crippen LogP contribution in [0.25, 0.3) is 10.9 Å². The van der Waals surface area contributed by atoms with Crippen LogP contribution in [-0.2, 0) is 4.79 Å². The fourth-order valence-electron chi connectivity index (χ4n) is 2.68. The number of Topliss-reactive ketones (excluding diaryl/α,β-unsaturated/α-hetero) is 1. The highest BCUT2D eigenvalue weighted by molar-refractivity contribution is 7.10. The Morgan fingerprint density at radius 1 is 1.38 bits per heavy atom. The lowest BCUT2D eigenvalue weighted by Gasteiger charge is -2.13. The van der Waals surface area contributed by atoms with Crippen molar-refractivity contribution in [1.82, 2.24) is 4.98 Å². The third kappa shape index (κ3) is 2.72. The number of H-pyrrole nitrogens is 1. The number of thiophene rings is 1. The number of benzene rings is 1. The van der Waals surface area contributed by atoms with Gasteiger partial charge in [0.25, 0.3) is 0 Å². The molecule has 1 aromatic carbocycles. The highest BCUT2D eigenvalue weighted by atomic mass is 32.1. The lowest BCUT2D eigenvalue weighted by molar-refractivity contribution is -0.117. The first-order valence-corrected chi connectivity index (χ1v) is 7.75. The molecule has 0 saturated heterocycles. The minimum atomic E-state index is 0.100. The number of methoxy groups -OCH3 is 1. The fourth-order valence-corrected chi connectivity index (χ4v) is 3.52. The van der Waals surface area contributed by atoms with E-state index >= 15 is 0 Å². The van der Waals surface area contributed by atoms with Crippen LogP contribution in [0.2, 0.25) is 0 Å². The molecule has 21 heavy (non-hydrogen) atoms. The Bertz CT molecular complexity index is 758. The van der Waals surface area contributed by atoms with Crippen LogP contribution < -0.4 is 4.74 Å². The number of aromatic nitrogens is 1. The zero-order valence-corrected chi connectivity index (χ0v) is 12.9. The van der Waals surface area contributed by atoms with Crippen molar-refractivity contribution >= 4 is 28.0 Å². The monoisotopic (exact) mass is 299 g/mol. The van der Waals surface area contributed by atoms with Gasteiger partial charge in [0.15, 0.2) is 0 Å². The molecular weight excluding hydrogens is 282 g/mol. The molecule has 3 rings (SSSR count). The molecule has 2 heterocycles. The molecule has 0 amide bonds. The maximum absolute atomic E-state index is 11.7. The molecule has 0 fully saturated rings. The first kappa shape index (κ1) is 13.9. The van der Waals surface area contributed by atoms with Crippen LogP contribution in [0.5, 0.6) is 5.75 Å². The van der Waals surface area contributed by atoms with E-state index in [9.17, 15) is 4.79 Å². The van der Waals surface area contributed by atoms with Gasteiger partial charge in [-0.3, -0.25) is 4.79 Å². The topological polar surface area (TPSA) is 42.1 Å². The van der Waals surface area contributed by atoms with Gasteiger partial charge in [0.1, 0.15) is 11.5 Å². The zero-order valence-electron chi connectivity index (χ0n) is 12.1. The predicted molar refractivity (Wildman–Crippen MR) is 86.3 cm³/mol. The van der Waals surface area contributed by atoms with Crippen LogP contribution in [0.1, 0.15) is 29.7 Å². The summed E-state index contributed by atoms with van der Waals surface area (Å²) < 4.78 is 5.32. The van der Waals surface area contributed by atoms with E-state index in [1.54, 1.807) is 25.4 Å². The average Bonchev–Trinajstić information content (AvgIpc) is 3.13. The van der Waals surface area contributed by atoms with Gasteiger partial charge >= 0.3 is 0 Å². The summed E-state index contributed by atoms with van der Waals surface area (Å²) in [6.07, 6.45) is 2.53. The van der Waals surface area contributed by atoms with Gasteiger partial charge in [-0.15, -0.1) is 11.3 Å². The largest absolute Gasteiger partial charge is 0.497 e. The summed E-state index contributed by atoms with van der Waals surface area (Å²) >= 11 is 1.69. The lowest BCUT2D eigenvalue weighted by Crippen LogP contribution is -2.04. The third-order valence-corrected chi connectivity index (χ3v) is 4.66. The number of nitrogens with one attached hydrogen (secondary N) is 1. The SMILES string of the molecule is COc1ccc2[nH]cc([C@H](CC(C)=O)c3cccs3)c2c1. The van der Waals surface area contributed by atoms with Crippen molar-refractivity contribution in [2.45, 2.75) is 19.3 Å². The van der Waals surface area contributed by atoms with Crippen LogP contribution in [0, 0.1) is 0 Å². The normalized spacial score (nSPS) is 12.5. The predicted octanol–water partition coefficient (Wildman–Crippen LogP) is 4.35. The summed E-state index contributed by atoms with van der Waals surface area (Å²) in [5, 5.41) is 3.17. The molecule has 0 unspecified atom stereocenters. The van der Waals surface area contributed by atoms with Gasteiger partial charge in [0.2, 0.25) is 0 Å². The number of ketones is 1. The van der Waals surface area contributed by atoms with Crippen LogP contribution in [-0.4, -0.2) is 17.9 Å². The molecule has 2 aromatic heterocycles. The molecule has 0 radical (unpaired) electrons. The molecule has 0 aliphatic heterocycles. The van der Waals surface area contributed by atoms with Crippen molar-refractivity contribution in [2.24, 2.45) is 0 Å². The second kappa shape index (κ2) is 5.74. The van der Waals surface area contributed by atoms with E-state index in [4.69, 9.17) is 4.74 Å². The van der Waals surface area contributed by atoms with E-state index in [1.807, 2.05) is 30.5 Å². The van der Waals surface area contributed by atoms with Crippen molar-refractivity contribution in [2.75, 3.05) is 7.11 Å². The highest BCUT2D eigenvalue weighted by Gasteiger charge is 2.21. The standard InChI is InChI=1S/C17H17NO2S/c1-11(19)8-14(17-4-3-7-21-17)15-10-18-16-6-5-12(20-2)9-13(15)16/h3-7,9-10,14,18H,8H2,1-2H3/t14-/m0/s1. The minimum absolute atomic E-state index is 0.100. The number of ether oxygens (including phenoxy) is 1. The molecule has 3 aromatic rings. The van der Waals surface area contributed by atoms with Gasteiger partial charge in [0, 0.05) is 34.3 Å². The average molecular weight is 299 g/mol. The second-order valence-corrected chi connectivity index (χ2v) is 6.11. The van der Waals surface area contributed by atoms with Crippen molar-refractivity contribution in [3.63, 3.8) is 0 Å². The Hall–Kier alpha value is -2.07. The van der Waals surface area contributed by atoms with Gasteiger partial charge in [-0.25, -0.2) is 0 Å². The van der Waals surface area contributed by atoms with Crippen LogP contribution >= 0.6 is 11.3 Å². The van der Waals surface area contributed by atoms with E-state index < -0.39 is 0 Å². The molecule has 1 N–H and O–H groups in total. The molecule has 0 spiro atoms. The first-order valence-electron chi connectivity index (χ1n) is 6.87. The number of carbonyl (C=O) groups is 1. The Balaban J connectivity index is 2.12. The van der Waals surface area contributed by atoms with E-state index in [2.05, 4.69) is 16.4 Å². The molecule has 0 aliphatic rings. The van der Waals surface area contributed by atoms with Crippen LogP contribution in [0.15, 0.2) is 41.9 Å². The van der Waals surface area contributed by atoms with E-state index in [0.29, 0.717) is 6.42 Å². The number of hydrogen-bond acceptors (Lipinski definition) is 3. The van der Waals surface area contributed by atoms with E-state index in [1.165, 1.54) is 4.88 Å². The van der Waals surface area contributed by atoms with E-state index in [-0.39, 0.29) is 11.7 Å². The number of aromatic amines is 1. The summed E-state index contributed by atoms with van der Waals surface area (Å²) in [4.78, 5) is 16.2. The van der Waals surface area contributed by atoms with Crippen molar-refractivity contribution < 1.29 is 9.53 Å². The molecule has 108 valence electrons. The van der Waals surface area contributed by atoms with Crippen molar-refractivity contribution in [3.05, 3.63) is 52.3 Å². The number of hydrogen-bond donors (Lipinski definition) is 1. The summed E-state index contributed by atoms with van der Waals surface area (Å²) in [7, 11) is 1.67. The lowest BCUT2D eigenvalue weighted by atomic mass is 9.92. The second-order valence-electron chi connectivity index (χ2n) is 5.13. The van der Waals surface area contributed by atoms with E-state index in [0.717, 1.165) is 22.2 Å². The Kier molecular flexibility index (Phi) is 3.80. The summed E-state index contributed by atoms with van der Waals surface area (Å²) in [6.45, 7) is 1.65. The molecule has 0 bridgehead atoms. The fraction of sp³-hybridized carbons (Fsp3) is 0.235. The van der Waals surface area contributed by atoms with Gasteiger partial charge in [-0.1, -0.05) is 6.07 Å². The molecule has 3 nitrogen and oxygen atoms in total. The maximum atomic E-state index is 11.7. The van der Waals surface area contributed by atoms with Crippen LogP contribution in [0.4, 0.5) is 0 Å². The van der Waals surface area contributed by atoms with Gasteiger partial charge < -0.3 is 9.72 Å². The Morgan fingerprint density at radius 3 is 2.90 bits per heavy atom. The number of fused-ring (bicyclic) bond motifs is 1. The molecule has 4 heteroatoms. The Labute approximate surface area is 127 Å². The summed E-state index contributed by atoms with van der Waals surface area (Å²) in [5.41, 5.74) is 2.22. The highest BCUT2D eigenvalue weighted by Crippen LogP contribution is 2.36. The Morgan fingerprint density at radius 2 is 2.24 bits per heavy atom. The van der Waals surface area contributed by atoms with Crippen molar-refractivity contribution in [3.8, 4) is 5.75 Å². The molecule has 1 atom stereocenters. The molecule has 0 aliphatic carbocycles. The van der Waals surface area contributed by atoms with Gasteiger partial charge in [-0.05, 0) is 42.1 Å². The summed E-state index contributed by atoms with van der Waals surface area (Å²) in [6, 6.07) is 10.1. The van der Waals surface area contributed by atoms with Crippen molar-refractivity contribution in [1.29, 1.82) is 0 Å². The first-order chi connectivity index (χ1) is 10.2. The smallest absolute Gasteiger partial charge is 0.130 e. The van der Waals surface area contributed by atoms with Gasteiger partial charge in [0.05, 0.1) is 7.11 Å². The number of carbonyl (C=O) groups excluding carboxylic acids is 1. The zero-order chi connectivity index (χ0) is 14.8. The summed E-state index contributed by atoms with van der Waals surface area (Å²) in [5.74, 6) is 1.13. The molecule has 0 saturated carbocycles. The number of rotatable bonds is 5. The third-order valence-electron chi connectivity index (χ3n) is 3.67. The maximum Gasteiger partial charge on any atom is 0.130 e. The van der Waals surface area contributed by atoms with Crippen LogP contribution in [0.3, 0.4) is 0 Å². The molecular formula is C17H17NO2S. The minimum Gasteiger partial charge on any atom is -0.497 e.